The first-order valence-electron chi connectivity index (χ1n) is 12.9. The van der Waals surface area contributed by atoms with Crippen LogP contribution >= 0.6 is 0 Å². The molecule has 0 radical (unpaired) electrons. The Morgan fingerprint density at radius 2 is 1.97 bits per heavy atom. The van der Waals surface area contributed by atoms with Crippen molar-refractivity contribution in [1.82, 2.24) is 19.6 Å². The number of carbonyl (C=O) groups is 2. The number of benzene rings is 2. The lowest BCUT2D eigenvalue weighted by Gasteiger charge is -2.38. The fourth-order valence-electron chi connectivity index (χ4n) is 4.84. The normalized spacial score (nSPS) is 18.4. The lowest BCUT2D eigenvalue weighted by atomic mass is 9.98. The summed E-state index contributed by atoms with van der Waals surface area (Å²) < 4.78 is 8.13. The Hall–Kier alpha value is -3.69. The minimum absolute atomic E-state index is 0.0391. The number of hydrogen-bond donors (Lipinski definition) is 2. The standard InChI is InChI=1S/C29H37N5O4/c1-19-15-34(21(3)18-35)29(37)23-12-9-13-24(30-28(36)25-14-20(2)31-33(25)5)27(23)38-26(19)17-32(4)16-22-10-7-6-8-11-22/h6-14,19,21,26,35H,15-18H2,1-5H3,(H,30,36)/t19-,21-,26+/m0/s1. The number of anilines is 1. The van der Waals surface area contributed by atoms with E-state index in [-0.39, 0.29) is 36.5 Å². The highest BCUT2D eigenvalue weighted by Gasteiger charge is 2.34. The summed E-state index contributed by atoms with van der Waals surface area (Å²) in [6, 6.07) is 16.7. The number of hydrogen-bond acceptors (Lipinski definition) is 6. The Balaban J connectivity index is 1.68. The van der Waals surface area contributed by atoms with Crippen molar-refractivity contribution in [3.8, 4) is 5.75 Å². The zero-order valence-corrected chi connectivity index (χ0v) is 22.7. The van der Waals surface area contributed by atoms with E-state index < -0.39 is 0 Å². The molecule has 0 saturated carbocycles. The molecule has 2 N–H and O–H groups in total. The van der Waals surface area contributed by atoms with E-state index in [9.17, 15) is 14.7 Å². The van der Waals surface area contributed by atoms with Gasteiger partial charge in [0.2, 0.25) is 0 Å². The van der Waals surface area contributed by atoms with Gasteiger partial charge in [-0.3, -0.25) is 19.2 Å². The zero-order chi connectivity index (χ0) is 27.4. The van der Waals surface area contributed by atoms with Gasteiger partial charge in [-0.15, -0.1) is 0 Å². The molecule has 2 heterocycles. The monoisotopic (exact) mass is 519 g/mol. The Morgan fingerprint density at radius 1 is 1.24 bits per heavy atom. The predicted molar refractivity (Wildman–Crippen MR) is 146 cm³/mol. The second-order valence-corrected chi connectivity index (χ2v) is 10.2. The molecular formula is C29H37N5O4. The van der Waals surface area contributed by atoms with Gasteiger partial charge in [0.15, 0.2) is 5.75 Å². The van der Waals surface area contributed by atoms with Crippen molar-refractivity contribution in [2.24, 2.45) is 13.0 Å². The van der Waals surface area contributed by atoms with E-state index in [4.69, 9.17) is 4.74 Å². The van der Waals surface area contributed by atoms with Crippen molar-refractivity contribution in [1.29, 1.82) is 0 Å². The van der Waals surface area contributed by atoms with Crippen LogP contribution in [0.25, 0.3) is 0 Å². The minimum atomic E-state index is -0.366. The molecule has 38 heavy (non-hydrogen) atoms. The third kappa shape index (κ3) is 6.06. The van der Waals surface area contributed by atoms with E-state index >= 15 is 0 Å². The summed E-state index contributed by atoms with van der Waals surface area (Å²) in [6.45, 7) is 7.35. The number of fused-ring (bicyclic) bond motifs is 1. The SMILES string of the molecule is Cc1cc(C(=O)Nc2cccc3c2O[C@H](CN(C)Cc2ccccc2)[C@@H](C)CN([C@@H](C)CO)C3=O)n(C)n1. The van der Waals surface area contributed by atoms with E-state index in [0.717, 1.165) is 12.2 Å². The second-order valence-electron chi connectivity index (χ2n) is 10.2. The average Bonchev–Trinajstić information content (AvgIpc) is 3.24. The van der Waals surface area contributed by atoms with Crippen LogP contribution in [0.2, 0.25) is 0 Å². The molecule has 3 atom stereocenters. The number of amides is 2. The van der Waals surface area contributed by atoms with E-state index in [2.05, 4.69) is 34.4 Å². The van der Waals surface area contributed by atoms with Crippen molar-refractivity contribution < 1.29 is 19.4 Å². The van der Waals surface area contributed by atoms with Gasteiger partial charge >= 0.3 is 0 Å². The van der Waals surface area contributed by atoms with E-state index in [1.165, 1.54) is 10.2 Å². The molecule has 4 rings (SSSR count). The van der Waals surface area contributed by atoms with Gasteiger partial charge in [-0.1, -0.05) is 43.3 Å². The number of nitrogens with zero attached hydrogens (tertiary/aromatic N) is 4. The third-order valence-corrected chi connectivity index (χ3v) is 6.96. The smallest absolute Gasteiger partial charge is 0.274 e. The van der Waals surface area contributed by atoms with Gasteiger partial charge < -0.3 is 20.1 Å². The maximum atomic E-state index is 13.7. The Bertz CT molecular complexity index is 1280. The molecule has 0 aliphatic carbocycles. The van der Waals surface area contributed by atoms with Crippen LogP contribution in [0, 0.1) is 12.8 Å². The fourth-order valence-corrected chi connectivity index (χ4v) is 4.84. The van der Waals surface area contributed by atoms with E-state index in [0.29, 0.717) is 35.8 Å². The molecule has 0 spiro atoms. The largest absolute Gasteiger partial charge is 0.486 e. The van der Waals surface area contributed by atoms with E-state index in [1.54, 1.807) is 36.2 Å². The molecule has 1 aromatic heterocycles. The van der Waals surface area contributed by atoms with Crippen LogP contribution in [0.4, 0.5) is 5.69 Å². The predicted octanol–water partition coefficient (Wildman–Crippen LogP) is 3.33. The number of aliphatic hydroxyl groups excluding tert-OH is 1. The molecule has 2 amide bonds. The number of likely N-dealkylation sites (N-methyl/N-ethyl adjacent to an activating group) is 1. The number of aryl methyl sites for hydroxylation is 2. The Kier molecular flexibility index (Phi) is 8.48. The maximum absolute atomic E-state index is 13.7. The van der Waals surface area contributed by atoms with Gasteiger partial charge in [0.1, 0.15) is 11.8 Å². The maximum Gasteiger partial charge on any atom is 0.274 e. The van der Waals surface area contributed by atoms with Crippen LogP contribution < -0.4 is 10.1 Å². The lowest BCUT2D eigenvalue weighted by Crippen LogP contribution is -2.49. The van der Waals surface area contributed by atoms with Gasteiger partial charge in [0.05, 0.1) is 29.6 Å². The van der Waals surface area contributed by atoms with Crippen LogP contribution in [-0.2, 0) is 13.6 Å². The number of carbonyl (C=O) groups excluding carboxylic acids is 2. The first-order valence-corrected chi connectivity index (χ1v) is 12.9. The van der Waals surface area contributed by atoms with Crippen molar-refractivity contribution in [3.05, 3.63) is 77.1 Å². The Morgan fingerprint density at radius 3 is 2.63 bits per heavy atom. The molecule has 1 aliphatic heterocycles. The van der Waals surface area contributed by atoms with Crippen molar-refractivity contribution in [2.45, 2.75) is 39.5 Å². The van der Waals surface area contributed by atoms with Gasteiger partial charge in [0.25, 0.3) is 11.8 Å². The van der Waals surface area contributed by atoms with Crippen LogP contribution in [0.3, 0.4) is 0 Å². The highest BCUT2D eigenvalue weighted by Crippen LogP contribution is 2.35. The fraction of sp³-hybridized carbons (Fsp3) is 0.414. The summed E-state index contributed by atoms with van der Waals surface area (Å²) >= 11 is 0. The lowest BCUT2D eigenvalue weighted by molar-refractivity contribution is 0.0343. The number of aliphatic hydroxyl groups is 1. The molecule has 202 valence electrons. The average molecular weight is 520 g/mol. The molecule has 0 saturated heterocycles. The highest BCUT2D eigenvalue weighted by atomic mass is 16.5. The summed E-state index contributed by atoms with van der Waals surface area (Å²) in [5, 5.41) is 17.1. The first-order chi connectivity index (χ1) is 18.2. The molecule has 0 unspecified atom stereocenters. The van der Waals surface area contributed by atoms with Crippen LogP contribution in [0.15, 0.2) is 54.6 Å². The van der Waals surface area contributed by atoms with Gasteiger partial charge in [0, 0.05) is 32.6 Å². The molecule has 0 fully saturated rings. The molecule has 1 aliphatic rings. The van der Waals surface area contributed by atoms with Gasteiger partial charge in [-0.25, -0.2) is 0 Å². The summed E-state index contributed by atoms with van der Waals surface area (Å²) in [5.41, 5.74) is 3.10. The zero-order valence-electron chi connectivity index (χ0n) is 22.7. The number of rotatable bonds is 8. The summed E-state index contributed by atoms with van der Waals surface area (Å²) in [6.07, 6.45) is -0.277. The van der Waals surface area contributed by atoms with Crippen LogP contribution in [0.1, 0.15) is 46.0 Å². The van der Waals surface area contributed by atoms with Gasteiger partial charge in [-0.2, -0.15) is 5.10 Å². The summed E-state index contributed by atoms with van der Waals surface area (Å²) in [5.74, 6) is -0.282. The third-order valence-electron chi connectivity index (χ3n) is 6.96. The molecule has 2 aromatic carbocycles. The van der Waals surface area contributed by atoms with Crippen LogP contribution in [-0.4, -0.2) is 75.4 Å². The van der Waals surface area contributed by atoms with Crippen LogP contribution in [0.5, 0.6) is 5.75 Å². The number of para-hydroxylation sites is 1. The first kappa shape index (κ1) is 27.3. The highest BCUT2D eigenvalue weighted by molar-refractivity contribution is 6.06. The van der Waals surface area contributed by atoms with Crippen molar-refractivity contribution in [3.63, 3.8) is 0 Å². The molecule has 3 aromatic rings. The summed E-state index contributed by atoms with van der Waals surface area (Å²) in [4.78, 5) is 30.7. The molecule has 0 bridgehead atoms. The quantitative estimate of drug-likeness (QED) is 0.474. The van der Waals surface area contributed by atoms with Crippen molar-refractivity contribution in [2.75, 3.05) is 32.1 Å². The summed E-state index contributed by atoms with van der Waals surface area (Å²) in [7, 11) is 3.76. The molecule has 9 nitrogen and oxygen atoms in total. The van der Waals surface area contributed by atoms with Crippen molar-refractivity contribution >= 4 is 17.5 Å². The number of ether oxygens (including phenoxy) is 1. The van der Waals surface area contributed by atoms with Gasteiger partial charge in [-0.05, 0) is 44.7 Å². The number of aromatic nitrogens is 2. The minimum Gasteiger partial charge on any atom is -0.486 e. The molecular weight excluding hydrogens is 482 g/mol. The number of nitrogens with one attached hydrogen (secondary N) is 1. The second kappa shape index (κ2) is 11.8. The van der Waals surface area contributed by atoms with E-state index in [1.807, 2.05) is 39.1 Å². The molecule has 9 heteroatoms. The topological polar surface area (TPSA) is 99.9 Å². The Labute approximate surface area is 224 Å².